The van der Waals surface area contributed by atoms with Gasteiger partial charge in [0.2, 0.25) is 0 Å². The third kappa shape index (κ3) is 1.74. The van der Waals surface area contributed by atoms with Crippen molar-refractivity contribution in [3.63, 3.8) is 0 Å². The van der Waals surface area contributed by atoms with Crippen LogP contribution < -0.4 is 0 Å². The van der Waals surface area contributed by atoms with Crippen LogP contribution in [0.3, 0.4) is 0 Å². The van der Waals surface area contributed by atoms with Crippen LogP contribution in [0, 0.1) is 0 Å². The molecule has 96 valence electrons. The van der Waals surface area contributed by atoms with Gasteiger partial charge in [0.15, 0.2) is 0 Å². The molecule has 3 heterocycles. The molecule has 2 bridgehead atoms. The van der Waals surface area contributed by atoms with E-state index in [1.165, 1.54) is 5.56 Å². The van der Waals surface area contributed by atoms with E-state index in [1.54, 1.807) is 6.20 Å². The van der Waals surface area contributed by atoms with E-state index in [1.807, 2.05) is 24.1 Å². The first-order valence-corrected chi connectivity index (χ1v) is 6.53. The fraction of sp³-hybridized carbons (Fsp3) is 0.615. The second kappa shape index (κ2) is 4.55. The average molecular weight is 247 g/mol. The zero-order valence-electron chi connectivity index (χ0n) is 10.5. The van der Waals surface area contributed by atoms with Crippen molar-refractivity contribution >= 4 is 6.09 Å². The van der Waals surface area contributed by atoms with Crippen molar-refractivity contribution in [3.8, 4) is 0 Å². The van der Waals surface area contributed by atoms with E-state index >= 15 is 0 Å². The predicted octanol–water partition coefficient (Wildman–Crippen LogP) is 1.95. The maximum atomic E-state index is 12.0. The molecule has 0 radical (unpaired) electrons. The Morgan fingerprint density at radius 2 is 2.39 bits per heavy atom. The minimum atomic E-state index is -0.158. The molecular formula is C13H17N3O2. The van der Waals surface area contributed by atoms with Gasteiger partial charge < -0.3 is 9.64 Å². The summed E-state index contributed by atoms with van der Waals surface area (Å²) in [6.07, 6.45) is 6.56. The van der Waals surface area contributed by atoms with Gasteiger partial charge in [0.25, 0.3) is 0 Å². The molecule has 1 aromatic rings. The van der Waals surface area contributed by atoms with Crippen LogP contribution in [0.15, 0.2) is 18.5 Å². The number of amides is 1. The van der Waals surface area contributed by atoms with Crippen molar-refractivity contribution in [1.29, 1.82) is 0 Å². The van der Waals surface area contributed by atoms with E-state index in [-0.39, 0.29) is 12.1 Å². The third-order valence-electron chi connectivity index (χ3n) is 4.05. The Hall–Kier alpha value is -1.65. The zero-order valence-corrected chi connectivity index (χ0v) is 10.5. The Morgan fingerprint density at radius 3 is 3.11 bits per heavy atom. The lowest BCUT2D eigenvalue weighted by molar-refractivity contribution is 0.101. The van der Waals surface area contributed by atoms with E-state index in [4.69, 9.17) is 4.74 Å². The molecule has 2 saturated heterocycles. The minimum Gasteiger partial charge on any atom is -0.450 e. The van der Waals surface area contributed by atoms with E-state index < -0.39 is 0 Å². The average Bonchev–Trinajstić information content (AvgIpc) is 2.97. The number of carbonyl (C=O) groups is 1. The van der Waals surface area contributed by atoms with Gasteiger partial charge >= 0.3 is 6.09 Å². The maximum absolute atomic E-state index is 12.0. The molecule has 1 aromatic heterocycles. The van der Waals surface area contributed by atoms with Crippen LogP contribution in [0.25, 0.3) is 0 Å². The summed E-state index contributed by atoms with van der Waals surface area (Å²) in [7, 11) is 0. The Labute approximate surface area is 106 Å². The number of hydrogen-bond donors (Lipinski definition) is 0. The molecule has 3 atom stereocenters. The number of aromatic nitrogens is 2. The number of rotatable bonds is 2. The van der Waals surface area contributed by atoms with Crippen molar-refractivity contribution in [1.82, 2.24) is 15.1 Å². The topological polar surface area (TPSA) is 55.3 Å². The summed E-state index contributed by atoms with van der Waals surface area (Å²) in [4.78, 5) is 13.9. The lowest BCUT2D eigenvalue weighted by atomic mass is 9.85. The van der Waals surface area contributed by atoms with Gasteiger partial charge in [0.1, 0.15) is 0 Å². The molecule has 0 N–H and O–H groups in total. The number of carbonyl (C=O) groups excluding carboxylic acids is 1. The van der Waals surface area contributed by atoms with Crippen LogP contribution in [0.5, 0.6) is 0 Å². The van der Waals surface area contributed by atoms with Crippen LogP contribution in [0.2, 0.25) is 0 Å². The first-order valence-electron chi connectivity index (χ1n) is 6.53. The lowest BCUT2D eigenvalue weighted by Crippen LogP contribution is -2.36. The summed E-state index contributed by atoms with van der Waals surface area (Å²) in [6, 6.07) is 2.62. The number of ether oxygens (including phenoxy) is 1. The van der Waals surface area contributed by atoms with E-state index in [2.05, 4.69) is 10.2 Å². The summed E-state index contributed by atoms with van der Waals surface area (Å²) in [5.74, 6) is 0.392. The molecule has 0 spiro atoms. The quantitative estimate of drug-likeness (QED) is 0.801. The summed E-state index contributed by atoms with van der Waals surface area (Å²) >= 11 is 0. The molecule has 5 nitrogen and oxygen atoms in total. The second-order valence-corrected chi connectivity index (χ2v) is 4.92. The molecule has 1 amide bonds. The summed E-state index contributed by atoms with van der Waals surface area (Å²) < 4.78 is 5.15. The third-order valence-corrected chi connectivity index (χ3v) is 4.05. The van der Waals surface area contributed by atoms with Crippen molar-refractivity contribution < 1.29 is 9.53 Å². The predicted molar refractivity (Wildman–Crippen MR) is 65.1 cm³/mol. The highest BCUT2D eigenvalue weighted by Crippen LogP contribution is 2.46. The molecule has 0 aliphatic carbocycles. The first-order chi connectivity index (χ1) is 8.81. The van der Waals surface area contributed by atoms with Crippen LogP contribution in [-0.4, -0.2) is 39.9 Å². The van der Waals surface area contributed by atoms with Gasteiger partial charge in [-0.1, -0.05) is 0 Å². The lowest BCUT2D eigenvalue weighted by Gasteiger charge is -2.23. The molecule has 3 rings (SSSR count). The van der Waals surface area contributed by atoms with Crippen LogP contribution >= 0.6 is 0 Å². The Kier molecular flexibility index (Phi) is 2.89. The molecule has 5 heteroatoms. The maximum Gasteiger partial charge on any atom is 0.410 e. The molecule has 0 saturated carbocycles. The van der Waals surface area contributed by atoms with Gasteiger partial charge in [-0.05, 0) is 37.8 Å². The fourth-order valence-corrected chi connectivity index (χ4v) is 3.35. The zero-order chi connectivity index (χ0) is 12.5. The van der Waals surface area contributed by atoms with Crippen molar-refractivity contribution in [2.45, 2.75) is 44.2 Å². The summed E-state index contributed by atoms with van der Waals surface area (Å²) in [6.45, 7) is 2.29. The van der Waals surface area contributed by atoms with Gasteiger partial charge in [-0.25, -0.2) is 4.79 Å². The highest BCUT2D eigenvalue weighted by molar-refractivity contribution is 5.70. The largest absolute Gasteiger partial charge is 0.450 e. The van der Waals surface area contributed by atoms with Gasteiger partial charge in [0.05, 0.1) is 12.8 Å². The molecule has 18 heavy (non-hydrogen) atoms. The minimum absolute atomic E-state index is 0.158. The van der Waals surface area contributed by atoms with Crippen LogP contribution in [0.4, 0.5) is 4.79 Å². The Balaban J connectivity index is 1.80. The van der Waals surface area contributed by atoms with Crippen molar-refractivity contribution in [3.05, 3.63) is 24.0 Å². The molecule has 0 aromatic carbocycles. The SMILES string of the molecule is CCOC(=O)N1[C@H]2CC[C@@H]1[C@@H](c1ccnnc1)C2. The smallest absolute Gasteiger partial charge is 0.410 e. The number of hydrogen-bond acceptors (Lipinski definition) is 4. The number of nitrogens with zero attached hydrogens (tertiary/aromatic N) is 3. The standard InChI is InChI=1S/C13H17N3O2/c1-2-18-13(17)16-10-3-4-12(16)11(7-10)9-5-6-14-15-8-9/h5-6,8,10-12H,2-4,7H2,1H3/t10-,11+,12+/m0/s1. The molecule has 2 aliphatic heterocycles. The van der Waals surface area contributed by atoms with Gasteiger partial charge in [-0.3, -0.25) is 0 Å². The summed E-state index contributed by atoms with van der Waals surface area (Å²) in [5.41, 5.74) is 1.19. The second-order valence-electron chi connectivity index (χ2n) is 4.92. The van der Waals surface area contributed by atoms with Crippen LogP contribution in [-0.2, 0) is 4.74 Å². The molecule has 2 fully saturated rings. The number of fused-ring (bicyclic) bond motifs is 2. The molecular weight excluding hydrogens is 230 g/mol. The van der Waals surface area contributed by atoms with Gasteiger partial charge in [0, 0.05) is 24.2 Å². The van der Waals surface area contributed by atoms with Crippen molar-refractivity contribution in [2.24, 2.45) is 0 Å². The summed E-state index contributed by atoms with van der Waals surface area (Å²) in [5, 5.41) is 7.74. The Bertz CT molecular complexity index is 437. The van der Waals surface area contributed by atoms with E-state index in [9.17, 15) is 4.79 Å². The van der Waals surface area contributed by atoms with Gasteiger partial charge in [-0.2, -0.15) is 10.2 Å². The highest BCUT2D eigenvalue weighted by Gasteiger charge is 2.49. The Morgan fingerprint density at radius 1 is 1.50 bits per heavy atom. The van der Waals surface area contributed by atoms with Gasteiger partial charge in [-0.15, -0.1) is 0 Å². The van der Waals surface area contributed by atoms with Crippen LogP contribution in [0.1, 0.15) is 37.7 Å². The first kappa shape index (κ1) is 11.4. The van der Waals surface area contributed by atoms with E-state index in [0.717, 1.165) is 19.3 Å². The normalized spacial score (nSPS) is 29.6. The molecule has 0 unspecified atom stereocenters. The fourth-order valence-electron chi connectivity index (χ4n) is 3.35. The molecule has 2 aliphatic rings. The van der Waals surface area contributed by atoms with Crippen molar-refractivity contribution in [2.75, 3.05) is 6.61 Å². The van der Waals surface area contributed by atoms with E-state index in [0.29, 0.717) is 18.6 Å². The monoisotopic (exact) mass is 247 g/mol. The highest BCUT2D eigenvalue weighted by atomic mass is 16.6.